The summed E-state index contributed by atoms with van der Waals surface area (Å²) in [7, 11) is -8.36. The number of phosphoric acid groups is 1. The van der Waals surface area contributed by atoms with Crippen molar-refractivity contribution >= 4 is 27.2 Å². The molecule has 14 heteroatoms. The molecule has 40 heavy (non-hydrogen) atoms. The molecular formula is C26H34FNO10P2. The van der Waals surface area contributed by atoms with Gasteiger partial charge in [0, 0.05) is 6.54 Å². The largest absolute Gasteiger partial charge is 0.490 e. The molecule has 2 amide bonds. The second-order valence-electron chi connectivity index (χ2n) is 8.32. The Morgan fingerprint density at radius 1 is 0.825 bits per heavy atom. The summed E-state index contributed by atoms with van der Waals surface area (Å²) in [5.41, 5.74) is 0.698. The lowest BCUT2D eigenvalue weighted by Gasteiger charge is -2.29. The molecule has 0 aromatic heterocycles. The van der Waals surface area contributed by atoms with E-state index in [4.69, 9.17) is 27.4 Å². The van der Waals surface area contributed by atoms with Crippen LogP contribution < -0.4 is 4.74 Å². The highest BCUT2D eigenvalue weighted by Crippen LogP contribution is 2.67. The molecule has 0 N–H and O–H groups in total. The Morgan fingerprint density at radius 3 is 1.88 bits per heavy atom. The summed E-state index contributed by atoms with van der Waals surface area (Å²) in [4.78, 5) is 26.1. The topological polar surface area (TPSA) is 127 Å². The van der Waals surface area contributed by atoms with Gasteiger partial charge >= 0.3 is 15.4 Å². The minimum Gasteiger partial charge on any atom is -0.490 e. The van der Waals surface area contributed by atoms with E-state index < -0.39 is 27.1 Å². The third-order valence-corrected chi connectivity index (χ3v) is 9.61. The Morgan fingerprint density at radius 2 is 1.38 bits per heavy atom. The summed E-state index contributed by atoms with van der Waals surface area (Å²) in [6.45, 7) is 6.33. The van der Waals surface area contributed by atoms with Crippen LogP contribution in [-0.2, 0) is 31.7 Å². The number of benzene rings is 2. The molecule has 0 radical (unpaired) electrons. The van der Waals surface area contributed by atoms with Crippen LogP contribution in [0, 0.1) is 5.82 Å². The molecule has 1 atom stereocenters. The number of nitrogens with zero attached hydrogens (tertiary/aromatic N) is 1. The zero-order valence-corrected chi connectivity index (χ0v) is 24.7. The Kier molecular flexibility index (Phi) is 11.6. The fourth-order valence-corrected chi connectivity index (χ4v) is 7.60. The lowest BCUT2D eigenvalue weighted by atomic mass is 10.1. The number of hydrogen-bond donors (Lipinski definition) is 0. The molecule has 0 spiro atoms. The molecular weight excluding hydrogens is 567 g/mol. The zero-order chi connectivity index (χ0) is 29.3. The molecule has 1 unspecified atom stereocenters. The summed E-state index contributed by atoms with van der Waals surface area (Å²) in [6, 6.07) is 10.2. The van der Waals surface area contributed by atoms with Gasteiger partial charge in [-0.3, -0.25) is 32.6 Å². The lowest BCUT2D eigenvalue weighted by Crippen LogP contribution is -2.31. The van der Waals surface area contributed by atoms with Crippen LogP contribution in [-0.4, -0.2) is 56.3 Å². The van der Waals surface area contributed by atoms with E-state index in [2.05, 4.69) is 0 Å². The fraction of sp³-hybridized carbons (Fsp3) is 0.462. The molecule has 11 nitrogen and oxygen atoms in total. The van der Waals surface area contributed by atoms with Gasteiger partial charge in [0.15, 0.2) is 17.4 Å². The van der Waals surface area contributed by atoms with Gasteiger partial charge in [-0.1, -0.05) is 18.2 Å². The first-order valence-corrected chi connectivity index (χ1v) is 16.0. The third-order valence-electron chi connectivity index (χ3n) is 5.61. The normalized spacial score (nSPS) is 14.5. The average molecular weight is 602 g/mol. The molecule has 0 aliphatic carbocycles. The number of halogens is 1. The van der Waals surface area contributed by atoms with Crippen molar-refractivity contribution < 1.29 is 50.5 Å². The summed E-state index contributed by atoms with van der Waals surface area (Å²) in [5, 5.41) is 0. The average Bonchev–Trinajstić information content (AvgIpc) is 3.16. The molecule has 0 fully saturated rings. The van der Waals surface area contributed by atoms with E-state index in [9.17, 15) is 18.7 Å². The van der Waals surface area contributed by atoms with Crippen LogP contribution in [0.4, 0.5) is 4.39 Å². The Bertz CT molecular complexity index is 1230. The number of carbonyl (C=O) groups is 2. The van der Waals surface area contributed by atoms with Gasteiger partial charge in [-0.25, -0.2) is 8.96 Å². The Balaban J connectivity index is 1.74. The second-order valence-corrected chi connectivity index (χ2v) is 12.0. The molecule has 0 bridgehead atoms. The summed E-state index contributed by atoms with van der Waals surface area (Å²) < 4.78 is 74.2. The highest BCUT2D eigenvalue weighted by molar-refractivity contribution is 7.55. The van der Waals surface area contributed by atoms with Gasteiger partial charge in [0.25, 0.3) is 11.8 Å². The van der Waals surface area contributed by atoms with Crippen molar-refractivity contribution in [2.45, 2.75) is 40.0 Å². The highest BCUT2D eigenvalue weighted by Gasteiger charge is 2.44. The van der Waals surface area contributed by atoms with Crippen molar-refractivity contribution in [3.05, 3.63) is 65.0 Å². The smallest absolute Gasteiger partial charge is 0.475 e. The molecule has 1 aliphatic heterocycles. The number of imide groups is 1. The second kappa shape index (κ2) is 14.5. The molecule has 0 saturated heterocycles. The van der Waals surface area contributed by atoms with Crippen molar-refractivity contribution in [1.29, 1.82) is 0 Å². The molecule has 220 valence electrons. The first-order chi connectivity index (χ1) is 19.1. The molecule has 1 aliphatic rings. The number of carbonyl (C=O) groups excluding carboxylic acids is 2. The summed E-state index contributed by atoms with van der Waals surface area (Å²) in [5.74, 6) is -3.36. The Labute approximate surface area is 233 Å². The van der Waals surface area contributed by atoms with Gasteiger partial charge < -0.3 is 13.8 Å². The maximum atomic E-state index is 15.1. The van der Waals surface area contributed by atoms with E-state index in [1.54, 1.807) is 52.0 Å². The third kappa shape index (κ3) is 7.44. The quantitative estimate of drug-likeness (QED) is 0.115. The number of hydrogen-bond acceptors (Lipinski definition) is 10. The first kappa shape index (κ1) is 32.1. The molecule has 2 aromatic rings. The predicted molar refractivity (Wildman–Crippen MR) is 144 cm³/mol. The predicted octanol–water partition coefficient (Wildman–Crippen LogP) is 6.35. The van der Waals surface area contributed by atoms with Crippen LogP contribution >= 0.6 is 15.4 Å². The van der Waals surface area contributed by atoms with Crippen LogP contribution in [0.3, 0.4) is 0 Å². The number of phosphoric ester groups is 1. The molecule has 3 rings (SSSR count). The first-order valence-electron chi connectivity index (χ1n) is 13.0. The zero-order valence-electron chi connectivity index (χ0n) is 22.9. The number of amides is 2. The van der Waals surface area contributed by atoms with Gasteiger partial charge in [0.1, 0.15) is 0 Å². The number of rotatable bonds is 17. The maximum Gasteiger partial charge on any atom is 0.475 e. The van der Waals surface area contributed by atoms with Gasteiger partial charge in [-0.05, 0) is 63.9 Å². The van der Waals surface area contributed by atoms with E-state index in [0.717, 1.165) is 11.0 Å². The highest BCUT2D eigenvalue weighted by atomic mass is 31.2. The van der Waals surface area contributed by atoms with E-state index in [1.165, 1.54) is 12.1 Å². The van der Waals surface area contributed by atoms with Crippen LogP contribution in [0.15, 0.2) is 42.5 Å². The molecule has 2 aromatic carbocycles. The van der Waals surface area contributed by atoms with Gasteiger partial charge in [-0.15, -0.1) is 0 Å². The van der Waals surface area contributed by atoms with Crippen molar-refractivity contribution in [1.82, 2.24) is 4.90 Å². The van der Waals surface area contributed by atoms with Crippen molar-refractivity contribution in [3.8, 4) is 5.75 Å². The van der Waals surface area contributed by atoms with Gasteiger partial charge in [0.05, 0.1) is 44.2 Å². The summed E-state index contributed by atoms with van der Waals surface area (Å²) in [6.07, 6.45) is 0.258. The minimum absolute atomic E-state index is 0.000684. The van der Waals surface area contributed by atoms with Crippen LogP contribution in [0.2, 0.25) is 0 Å². The van der Waals surface area contributed by atoms with Crippen molar-refractivity contribution in [2.75, 3.05) is 39.6 Å². The standard InChI is InChI=1S/C26H34FNO10P2/c1-5-34-39(31,35-6-2)26(38-40(32,36-7-3)37-8-4)19-14-15-23(22(27)18-19)33-17-11-16-28-24(29)20-12-9-10-13-21(20)25(28)30/h9-10,12-15,18,26H,5-8,11,16-17H2,1-4H3. The maximum absolute atomic E-state index is 15.1. The number of fused-ring (bicyclic) bond motifs is 1. The van der Waals surface area contributed by atoms with Crippen molar-refractivity contribution in [3.63, 3.8) is 0 Å². The minimum atomic E-state index is -4.22. The van der Waals surface area contributed by atoms with Crippen LogP contribution in [0.25, 0.3) is 0 Å². The van der Waals surface area contributed by atoms with E-state index in [1.807, 2.05) is 0 Å². The van der Waals surface area contributed by atoms with E-state index in [0.29, 0.717) is 11.1 Å². The van der Waals surface area contributed by atoms with Crippen LogP contribution in [0.1, 0.15) is 66.2 Å². The summed E-state index contributed by atoms with van der Waals surface area (Å²) >= 11 is 0. The molecule has 0 saturated carbocycles. The SMILES string of the molecule is CCOP(=O)(OCC)OC(c1ccc(OCCCN2C(=O)c3ccccc3C2=O)c(F)c1)P(=O)(OCC)OCC. The Hall–Kier alpha value is -2.43. The lowest BCUT2D eigenvalue weighted by molar-refractivity contribution is 0.0646. The number of ether oxygens (including phenoxy) is 1. The molecule has 1 heterocycles. The van der Waals surface area contributed by atoms with E-state index in [-0.39, 0.29) is 69.1 Å². The van der Waals surface area contributed by atoms with Gasteiger partial charge in [0.2, 0.25) is 0 Å². The monoisotopic (exact) mass is 601 g/mol. The van der Waals surface area contributed by atoms with Gasteiger partial charge in [-0.2, -0.15) is 0 Å². The van der Waals surface area contributed by atoms with Crippen LogP contribution in [0.5, 0.6) is 5.75 Å². The fourth-order valence-electron chi connectivity index (χ4n) is 4.01. The van der Waals surface area contributed by atoms with Crippen molar-refractivity contribution in [2.24, 2.45) is 0 Å². The van der Waals surface area contributed by atoms with E-state index >= 15 is 4.39 Å².